The van der Waals surface area contributed by atoms with E-state index < -0.39 is 0 Å². The molecule has 0 bridgehead atoms. The summed E-state index contributed by atoms with van der Waals surface area (Å²) in [6.45, 7) is 6.27. The lowest BCUT2D eigenvalue weighted by Gasteiger charge is -2.40. The van der Waals surface area contributed by atoms with E-state index in [1.54, 1.807) is 0 Å². The summed E-state index contributed by atoms with van der Waals surface area (Å²) in [5, 5.41) is 3.45. The van der Waals surface area contributed by atoms with Crippen molar-refractivity contribution < 1.29 is 9.47 Å². The van der Waals surface area contributed by atoms with Crippen LogP contribution in [0, 0.1) is 5.41 Å². The average Bonchev–Trinajstić information content (AvgIpc) is 2.83. The minimum atomic E-state index is 0.341. The zero-order chi connectivity index (χ0) is 12.8. The Morgan fingerprint density at radius 1 is 1.39 bits per heavy atom. The molecule has 4 heteroatoms. The fourth-order valence-electron chi connectivity index (χ4n) is 3.38. The van der Waals surface area contributed by atoms with E-state index in [2.05, 4.69) is 17.3 Å². The lowest BCUT2D eigenvalue weighted by molar-refractivity contribution is 0.0126. The van der Waals surface area contributed by atoms with Crippen LogP contribution in [-0.4, -0.2) is 64.6 Å². The highest BCUT2D eigenvalue weighted by molar-refractivity contribution is 4.87. The molecule has 1 unspecified atom stereocenters. The Morgan fingerprint density at radius 3 is 2.78 bits per heavy atom. The summed E-state index contributed by atoms with van der Waals surface area (Å²) in [4.78, 5) is 2.44. The van der Waals surface area contributed by atoms with E-state index in [-0.39, 0.29) is 0 Å². The van der Waals surface area contributed by atoms with Crippen molar-refractivity contribution in [2.75, 3.05) is 53.6 Å². The molecule has 0 amide bonds. The lowest BCUT2D eigenvalue weighted by Crippen LogP contribution is -2.47. The molecule has 2 aliphatic heterocycles. The molecule has 1 N–H and O–H groups in total. The topological polar surface area (TPSA) is 33.7 Å². The minimum Gasteiger partial charge on any atom is -0.384 e. The molecule has 0 aromatic rings. The summed E-state index contributed by atoms with van der Waals surface area (Å²) in [5.74, 6) is 0. The van der Waals surface area contributed by atoms with Crippen LogP contribution in [0.15, 0.2) is 0 Å². The van der Waals surface area contributed by atoms with Gasteiger partial charge in [0, 0.05) is 32.2 Å². The van der Waals surface area contributed by atoms with Crippen molar-refractivity contribution in [2.24, 2.45) is 5.41 Å². The summed E-state index contributed by atoms with van der Waals surface area (Å²) in [5.41, 5.74) is 0.341. The molecule has 4 nitrogen and oxygen atoms in total. The maximum atomic E-state index is 5.72. The Balaban J connectivity index is 1.82. The summed E-state index contributed by atoms with van der Waals surface area (Å²) >= 11 is 0. The standard InChI is InChI=1S/C14H28N2O2/c1-16(10-13-4-3-9-18-13)11-14(12-17-2)5-7-15-8-6-14/h13,15H,3-12H2,1-2H3. The van der Waals surface area contributed by atoms with Crippen LogP contribution < -0.4 is 5.32 Å². The first kappa shape index (κ1) is 14.3. The van der Waals surface area contributed by atoms with Gasteiger partial charge in [-0.05, 0) is 45.8 Å². The van der Waals surface area contributed by atoms with Gasteiger partial charge >= 0.3 is 0 Å². The molecule has 1 atom stereocenters. The predicted molar refractivity (Wildman–Crippen MR) is 72.9 cm³/mol. The first-order valence-corrected chi connectivity index (χ1v) is 7.24. The second kappa shape index (κ2) is 6.85. The molecule has 106 valence electrons. The van der Waals surface area contributed by atoms with E-state index in [9.17, 15) is 0 Å². The normalized spacial score (nSPS) is 27.8. The fourth-order valence-corrected chi connectivity index (χ4v) is 3.38. The summed E-state index contributed by atoms with van der Waals surface area (Å²) in [7, 11) is 4.05. The van der Waals surface area contributed by atoms with Gasteiger partial charge in [0.2, 0.25) is 0 Å². The van der Waals surface area contributed by atoms with Gasteiger partial charge < -0.3 is 19.7 Å². The fraction of sp³-hybridized carbons (Fsp3) is 1.00. The maximum absolute atomic E-state index is 5.72. The lowest BCUT2D eigenvalue weighted by atomic mass is 9.79. The Labute approximate surface area is 111 Å². The van der Waals surface area contributed by atoms with Gasteiger partial charge in [-0.25, -0.2) is 0 Å². The summed E-state index contributed by atoms with van der Waals surface area (Å²) < 4.78 is 11.2. The van der Waals surface area contributed by atoms with Gasteiger partial charge in [0.25, 0.3) is 0 Å². The van der Waals surface area contributed by atoms with E-state index in [0.29, 0.717) is 11.5 Å². The third-order valence-electron chi connectivity index (χ3n) is 4.26. The highest BCUT2D eigenvalue weighted by atomic mass is 16.5. The average molecular weight is 256 g/mol. The molecule has 0 aromatic heterocycles. The molecule has 18 heavy (non-hydrogen) atoms. The number of piperidine rings is 1. The second-order valence-corrected chi connectivity index (χ2v) is 6.01. The van der Waals surface area contributed by atoms with Crippen molar-refractivity contribution in [3.8, 4) is 0 Å². The molecule has 0 saturated carbocycles. The first-order valence-electron chi connectivity index (χ1n) is 7.24. The van der Waals surface area contributed by atoms with Gasteiger partial charge in [0.1, 0.15) is 0 Å². The number of ether oxygens (including phenoxy) is 2. The number of methoxy groups -OCH3 is 1. The number of rotatable bonds is 6. The van der Waals surface area contributed by atoms with E-state index in [4.69, 9.17) is 9.47 Å². The van der Waals surface area contributed by atoms with Crippen LogP contribution in [0.3, 0.4) is 0 Å². The molecular formula is C14H28N2O2. The first-order chi connectivity index (χ1) is 8.74. The number of hydrogen-bond acceptors (Lipinski definition) is 4. The largest absolute Gasteiger partial charge is 0.384 e. The SMILES string of the molecule is COCC1(CN(C)CC2CCCO2)CCNCC1. The third kappa shape index (κ3) is 3.92. The Bertz CT molecular complexity index is 230. The van der Waals surface area contributed by atoms with Crippen molar-refractivity contribution >= 4 is 0 Å². The number of likely N-dealkylation sites (N-methyl/N-ethyl adjacent to an activating group) is 1. The van der Waals surface area contributed by atoms with Crippen LogP contribution in [0.2, 0.25) is 0 Å². The molecular weight excluding hydrogens is 228 g/mol. The highest BCUT2D eigenvalue weighted by Gasteiger charge is 2.33. The predicted octanol–water partition coefficient (Wildman–Crippen LogP) is 1.11. The van der Waals surface area contributed by atoms with E-state index in [1.807, 2.05) is 7.11 Å². The van der Waals surface area contributed by atoms with Gasteiger partial charge in [0.05, 0.1) is 12.7 Å². The van der Waals surface area contributed by atoms with Gasteiger partial charge in [-0.3, -0.25) is 0 Å². The van der Waals surface area contributed by atoms with Gasteiger partial charge in [0.15, 0.2) is 0 Å². The maximum Gasteiger partial charge on any atom is 0.0702 e. The number of nitrogens with zero attached hydrogens (tertiary/aromatic N) is 1. The van der Waals surface area contributed by atoms with Crippen LogP contribution in [0.25, 0.3) is 0 Å². The number of nitrogens with one attached hydrogen (secondary N) is 1. The van der Waals surface area contributed by atoms with Crippen molar-refractivity contribution in [1.29, 1.82) is 0 Å². The molecule has 2 aliphatic rings. The van der Waals surface area contributed by atoms with Crippen molar-refractivity contribution in [3.63, 3.8) is 0 Å². The van der Waals surface area contributed by atoms with Crippen LogP contribution in [0.4, 0.5) is 0 Å². The van der Waals surface area contributed by atoms with Crippen LogP contribution in [0.5, 0.6) is 0 Å². The monoisotopic (exact) mass is 256 g/mol. The minimum absolute atomic E-state index is 0.341. The van der Waals surface area contributed by atoms with Crippen LogP contribution in [0.1, 0.15) is 25.7 Å². The summed E-state index contributed by atoms with van der Waals surface area (Å²) in [6.07, 6.45) is 5.35. The van der Waals surface area contributed by atoms with Crippen molar-refractivity contribution in [3.05, 3.63) is 0 Å². The van der Waals surface area contributed by atoms with Crippen molar-refractivity contribution in [1.82, 2.24) is 10.2 Å². The number of hydrogen-bond donors (Lipinski definition) is 1. The van der Waals surface area contributed by atoms with E-state index in [0.717, 1.165) is 39.4 Å². The Kier molecular flexibility index (Phi) is 5.42. The van der Waals surface area contributed by atoms with E-state index in [1.165, 1.54) is 25.7 Å². The quantitative estimate of drug-likeness (QED) is 0.772. The van der Waals surface area contributed by atoms with Gasteiger partial charge in [-0.1, -0.05) is 0 Å². The van der Waals surface area contributed by atoms with Crippen LogP contribution >= 0.6 is 0 Å². The molecule has 2 saturated heterocycles. The van der Waals surface area contributed by atoms with Crippen LogP contribution in [-0.2, 0) is 9.47 Å². The molecule has 2 heterocycles. The zero-order valence-corrected chi connectivity index (χ0v) is 11.9. The molecule has 2 fully saturated rings. The van der Waals surface area contributed by atoms with Gasteiger partial charge in [-0.15, -0.1) is 0 Å². The second-order valence-electron chi connectivity index (χ2n) is 6.01. The smallest absolute Gasteiger partial charge is 0.0702 e. The van der Waals surface area contributed by atoms with E-state index >= 15 is 0 Å². The van der Waals surface area contributed by atoms with Gasteiger partial charge in [-0.2, -0.15) is 0 Å². The van der Waals surface area contributed by atoms with Crippen molar-refractivity contribution in [2.45, 2.75) is 31.8 Å². The highest BCUT2D eigenvalue weighted by Crippen LogP contribution is 2.30. The Hall–Kier alpha value is -0.160. The molecule has 0 aliphatic carbocycles. The zero-order valence-electron chi connectivity index (χ0n) is 11.9. The molecule has 2 rings (SSSR count). The Morgan fingerprint density at radius 2 is 2.17 bits per heavy atom. The third-order valence-corrected chi connectivity index (χ3v) is 4.26. The molecule has 0 aromatic carbocycles. The molecule has 0 radical (unpaired) electrons. The molecule has 0 spiro atoms. The summed E-state index contributed by atoms with van der Waals surface area (Å²) in [6, 6.07) is 0.